The van der Waals surface area contributed by atoms with E-state index in [9.17, 15) is 18.0 Å². The molecule has 0 fully saturated rings. The van der Waals surface area contributed by atoms with Gasteiger partial charge in [0.2, 0.25) is 0 Å². The molecule has 0 radical (unpaired) electrons. The number of hydrogen-bond acceptors (Lipinski definition) is 5. The van der Waals surface area contributed by atoms with Crippen LogP contribution in [0, 0.1) is 0 Å². The van der Waals surface area contributed by atoms with Crippen molar-refractivity contribution in [2.45, 2.75) is 25.4 Å². The van der Waals surface area contributed by atoms with Gasteiger partial charge in [-0.25, -0.2) is 4.79 Å². The van der Waals surface area contributed by atoms with Crippen LogP contribution >= 0.6 is 22.6 Å². The molecular weight excluding hydrogens is 552 g/mol. The Morgan fingerprint density at radius 2 is 1.30 bits per heavy atom. The summed E-state index contributed by atoms with van der Waals surface area (Å²) in [5.41, 5.74) is 3.15. The molecule has 0 amide bonds. The van der Waals surface area contributed by atoms with E-state index in [-0.39, 0.29) is 6.61 Å². The van der Waals surface area contributed by atoms with E-state index in [1.54, 1.807) is 14.2 Å². The third-order valence-corrected chi connectivity index (χ3v) is 5.72. The zero-order valence-corrected chi connectivity index (χ0v) is 20.6. The fourth-order valence-corrected chi connectivity index (χ4v) is 3.78. The summed E-state index contributed by atoms with van der Waals surface area (Å²) in [6, 6.07) is 15.6. The van der Waals surface area contributed by atoms with E-state index in [0.29, 0.717) is 32.5 Å². The van der Waals surface area contributed by atoms with Crippen molar-refractivity contribution in [3.8, 4) is 11.5 Å². The topological polar surface area (TPSA) is 54.0 Å². The first-order chi connectivity index (χ1) is 15.8. The maximum Gasteiger partial charge on any atom is 0.490 e. The number of esters is 1. The second-order valence-electron chi connectivity index (χ2n) is 6.94. The number of benzene rings is 2. The predicted molar refractivity (Wildman–Crippen MR) is 128 cm³/mol. The van der Waals surface area contributed by atoms with Crippen LogP contribution in [0.5, 0.6) is 11.5 Å². The molecule has 0 spiro atoms. The van der Waals surface area contributed by atoms with E-state index in [4.69, 9.17) is 14.2 Å². The Morgan fingerprint density at radius 3 is 1.76 bits per heavy atom. The lowest BCUT2D eigenvalue weighted by Crippen LogP contribution is -2.25. The van der Waals surface area contributed by atoms with Gasteiger partial charge in [0.15, 0.2) is 0 Å². The molecule has 9 heteroatoms. The Hall–Kier alpha value is -2.27. The average molecular weight is 578 g/mol. The van der Waals surface area contributed by atoms with Gasteiger partial charge in [0.25, 0.3) is 0 Å². The van der Waals surface area contributed by atoms with Gasteiger partial charge < -0.3 is 18.9 Å². The van der Waals surface area contributed by atoms with E-state index in [1.807, 2.05) is 48.5 Å². The molecule has 0 atom stereocenters. The van der Waals surface area contributed by atoms with Gasteiger partial charge in [-0.05, 0) is 76.4 Å². The first-order valence-electron chi connectivity index (χ1n) is 10.3. The van der Waals surface area contributed by atoms with Crippen molar-refractivity contribution < 1.29 is 36.9 Å². The Balaban J connectivity index is 1.94. The van der Waals surface area contributed by atoms with Gasteiger partial charge in [-0.15, -0.1) is 0 Å². The largest absolute Gasteiger partial charge is 0.497 e. The van der Waals surface area contributed by atoms with Crippen LogP contribution in [-0.2, 0) is 14.3 Å². The van der Waals surface area contributed by atoms with Gasteiger partial charge in [0, 0.05) is 16.6 Å². The van der Waals surface area contributed by atoms with Crippen molar-refractivity contribution >= 4 is 34.1 Å². The third-order valence-electron chi connectivity index (χ3n) is 4.64. The molecular formula is C24H26F3IO5. The van der Waals surface area contributed by atoms with Crippen molar-refractivity contribution in [3.05, 3.63) is 63.2 Å². The zero-order valence-electron chi connectivity index (χ0n) is 18.4. The van der Waals surface area contributed by atoms with E-state index in [1.165, 1.54) is 0 Å². The maximum absolute atomic E-state index is 12.1. The average Bonchev–Trinajstić information content (AvgIpc) is 2.81. The van der Waals surface area contributed by atoms with Gasteiger partial charge in [-0.1, -0.05) is 24.3 Å². The number of unbranched alkanes of at least 4 members (excludes halogenated alkanes) is 1. The van der Waals surface area contributed by atoms with Crippen LogP contribution in [0.15, 0.2) is 52.1 Å². The minimum Gasteiger partial charge on any atom is -0.497 e. The molecule has 0 saturated heterocycles. The molecule has 2 rings (SSSR count). The molecule has 2 aromatic carbocycles. The van der Waals surface area contributed by atoms with Crippen LogP contribution in [0.4, 0.5) is 13.2 Å². The first-order valence-corrected chi connectivity index (χ1v) is 11.3. The minimum absolute atomic E-state index is 0.280. The summed E-state index contributed by atoms with van der Waals surface area (Å²) < 4.78 is 57.6. The third kappa shape index (κ3) is 8.88. The summed E-state index contributed by atoms with van der Waals surface area (Å²) in [6.07, 6.45) is -3.49. The highest BCUT2D eigenvalue weighted by molar-refractivity contribution is 14.1. The summed E-state index contributed by atoms with van der Waals surface area (Å²) in [6.45, 7) is 0.544. The highest BCUT2D eigenvalue weighted by Gasteiger charge is 2.40. The number of hydrogen-bond donors (Lipinski definition) is 0. The number of halogens is 4. The number of carbonyl (C=O) groups is 1. The predicted octanol–water partition coefficient (Wildman–Crippen LogP) is 6.19. The molecule has 5 nitrogen and oxygen atoms in total. The Kier molecular flexibility index (Phi) is 11.0. The summed E-state index contributed by atoms with van der Waals surface area (Å²) in [7, 11) is 3.24. The fourth-order valence-electron chi connectivity index (χ4n) is 2.94. The SMILES string of the molecule is COc1ccc(C(=C(I)CCOCCCCOC(=O)C(F)(F)F)c2ccc(OC)cc2)cc1. The van der Waals surface area contributed by atoms with Crippen molar-refractivity contribution in [1.29, 1.82) is 0 Å². The summed E-state index contributed by atoms with van der Waals surface area (Å²) in [4.78, 5) is 10.6. The molecule has 0 bridgehead atoms. The van der Waals surface area contributed by atoms with E-state index in [0.717, 1.165) is 31.8 Å². The lowest BCUT2D eigenvalue weighted by Gasteiger charge is -2.14. The minimum atomic E-state index is -4.95. The number of ether oxygens (including phenoxy) is 4. The normalized spacial score (nSPS) is 11.1. The van der Waals surface area contributed by atoms with E-state index < -0.39 is 12.1 Å². The van der Waals surface area contributed by atoms with E-state index in [2.05, 4.69) is 27.3 Å². The molecule has 0 saturated carbocycles. The lowest BCUT2D eigenvalue weighted by molar-refractivity contribution is -0.199. The molecule has 0 aliphatic rings. The molecule has 0 aromatic heterocycles. The second-order valence-corrected chi connectivity index (χ2v) is 8.24. The molecule has 2 aromatic rings. The highest BCUT2D eigenvalue weighted by Crippen LogP contribution is 2.33. The molecule has 0 aliphatic heterocycles. The number of methoxy groups -OCH3 is 2. The summed E-state index contributed by atoms with van der Waals surface area (Å²) in [5, 5.41) is 0. The highest BCUT2D eigenvalue weighted by atomic mass is 127. The van der Waals surface area contributed by atoms with Crippen LogP contribution in [0.25, 0.3) is 5.57 Å². The van der Waals surface area contributed by atoms with E-state index >= 15 is 0 Å². The van der Waals surface area contributed by atoms with Crippen LogP contribution in [0.2, 0.25) is 0 Å². The molecule has 33 heavy (non-hydrogen) atoms. The second kappa shape index (κ2) is 13.4. The zero-order chi connectivity index (χ0) is 24.3. The Morgan fingerprint density at radius 1 is 0.818 bits per heavy atom. The van der Waals surface area contributed by atoms with Crippen molar-refractivity contribution in [1.82, 2.24) is 0 Å². The van der Waals surface area contributed by atoms with Gasteiger partial charge >= 0.3 is 12.1 Å². The molecule has 0 unspecified atom stereocenters. The van der Waals surface area contributed by atoms with Gasteiger partial charge in [-0.3, -0.25) is 0 Å². The van der Waals surface area contributed by atoms with Crippen LogP contribution in [0.3, 0.4) is 0 Å². The van der Waals surface area contributed by atoms with Crippen molar-refractivity contribution in [3.63, 3.8) is 0 Å². The Labute approximate surface area is 205 Å². The number of alkyl halides is 3. The molecule has 0 N–H and O–H groups in total. The summed E-state index contributed by atoms with van der Waals surface area (Å²) in [5.74, 6) is -0.619. The number of carbonyl (C=O) groups excluding carboxylic acids is 1. The van der Waals surface area contributed by atoms with Gasteiger partial charge in [0.1, 0.15) is 11.5 Å². The smallest absolute Gasteiger partial charge is 0.490 e. The fraction of sp³-hybridized carbons (Fsp3) is 0.375. The monoisotopic (exact) mass is 578 g/mol. The molecule has 0 aliphatic carbocycles. The van der Waals surface area contributed by atoms with Crippen molar-refractivity contribution in [2.75, 3.05) is 34.0 Å². The van der Waals surface area contributed by atoms with Crippen LogP contribution < -0.4 is 9.47 Å². The van der Waals surface area contributed by atoms with Crippen molar-refractivity contribution in [2.24, 2.45) is 0 Å². The Bertz CT molecular complexity index is 860. The standard InChI is InChI=1S/C24H26F3IO5/c1-30-19-9-5-17(6-10-19)22(18-7-11-20(31-2)12-8-18)21(28)13-16-32-14-3-4-15-33-23(29)24(25,26)27/h5-12H,3-4,13-16H2,1-2H3. The van der Waals surface area contributed by atoms with Crippen LogP contribution in [-0.4, -0.2) is 46.2 Å². The molecule has 180 valence electrons. The molecule has 0 heterocycles. The van der Waals surface area contributed by atoms with Gasteiger partial charge in [-0.2, -0.15) is 13.2 Å². The summed E-state index contributed by atoms with van der Waals surface area (Å²) >= 11 is 2.31. The maximum atomic E-state index is 12.1. The first kappa shape index (κ1) is 27.0. The van der Waals surface area contributed by atoms with Crippen LogP contribution in [0.1, 0.15) is 30.4 Å². The lowest BCUT2D eigenvalue weighted by atomic mass is 9.96. The quantitative estimate of drug-likeness (QED) is 0.171. The van der Waals surface area contributed by atoms with Gasteiger partial charge in [0.05, 0.1) is 27.4 Å². The number of rotatable bonds is 12.